The lowest BCUT2D eigenvalue weighted by Crippen LogP contribution is -2.30. The quantitative estimate of drug-likeness (QED) is 0.0261. The zero-order valence-corrected chi connectivity index (χ0v) is 55.4. The van der Waals surface area contributed by atoms with E-state index in [9.17, 15) is 14.4 Å². The lowest BCUT2D eigenvalue weighted by atomic mass is 10.0. The van der Waals surface area contributed by atoms with Crippen LogP contribution >= 0.6 is 0 Å². The minimum Gasteiger partial charge on any atom is -0.462 e. The van der Waals surface area contributed by atoms with Crippen LogP contribution in [0.4, 0.5) is 0 Å². The van der Waals surface area contributed by atoms with Crippen molar-refractivity contribution < 1.29 is 28.6 Å². The number of carbonyl (C=O) groups is 3. The molecule has 0 spiro atoms. The first kappa shape index (κ1) is 79.2. The van der Waals surface area contributed by atoms with Gasteiger partial charge in [-0.1, -0.05) is 380 Å². The molecule has 0 aliphatic rings. The summed E-state index contributed by atoms with van der Waals surface area (Å²) in [6.45, 7) is 6.73. The van der Waals surface area contributed by atoms with E-state index >= 15 is 0 Å². The Morgan fingerprint density at radius 3 is 0.617 bits per heavy atom. The molecule has 1 atom stereocenters. The fourth-order valence-electron chi connectivity index (χ4n) is 11.7. The van der Waals surface area contributed by atoms with Crippen molar-refractivity contribution in [2.75, 3.05) is 13.2 Å². The lowest BCUT2D eigenvalue weighted by Gasteiger charge is -2.18. The van der Waals surface area contributed by atoms with Crippen molar-refractivity contribution in [1.82, 2.24) is 0 Å². The highest BCUT2D eigenvalue weighted by molar-refractivity contribution is 5.71. The van der Waals surface area contributed by atoms with Crippen LogP contribution in [0.2, 0.25) is 0 Å². The molecule has 0 saturated heterocycles. The average Bonchev–Trinajstić information content (AvgIpc) is 3.47. The Balaban J connectivity index is 4.18. The van der Waals surface area contributed by atoms with E-state index < -0.39 is 6.10 Å². The zero-order chi connectivity index (χ0) is 58.5. The van der Waals surface area contributed by atoms with Crippen LogP contribution in [0.1, 0.15) is 432 Å². The van der Waals surface area contributed by atoms with Crippen molar-refractivity contribution in [3.05, 3.63) is 12.2 Å². The number of esters is 3. The molecule has 0 aliphatic heterocycles. The van der Waals surface area contributed by atoms with Crippen LogP contribution in [-0.2, 0) is 28.6 Å². The first-order valence-corrected chi connectivity index (χ1v) is 37.2. The molecule has 0 N–H and O–H groups in total. The van der Waals surface area contributed by atoms with Gasteiger partial charge >= 0.3 is 17.9 Å². The Morgan fingerprint density at radius 2 is 0.407 bits per heavy atom. The number of unbranched alkanes of at least 4 members (excludes halogenated alkanes) is 57. The molecule has 0 aromatic rings. The molecule has 0 aromatic heterocycles. The van der Waals surface area contributed by atoms with E-state index in [0.717, 1.165) is 64.2 Å². The standard InChI is InChI=1S/C75H144O6/c1-4-7-10-13-16-19-22-25-28-31-33-34-35-36-37-38-39-40-41-42-43-45-47-50-53-56-59-62-65-68-74(77)80-71-72(70-79-73(76)67-64-61-58-55-52-49-46-30-27-24-21-18-15-12-9-6-3)81-75(78)69-66-63-60-57-54-51-48-44-32-29-26-23-20-17-14-11-8-5-2/h30,46,72H,4-29,31-45,47-71H2,1-3H3/b46-30-. The minimum atomic E-state index is -0.770. The molecule has 480 valence electrons. The van der Waals surface area contributed by atoms with Gasteiger partial charge in [-0.3, -0.25) is 14.4 Å². The van der Waals surface area contributed by atoms with Gasteiger partial charge in [0.25, 0.3) is 0 Å². The van der Waals surface area contributed by atoms with Gasteiger partial charge in [-0.05, 0) is 44.9 Å². The van der Waals surface area contributed by atoms with Crippen LogP contribution in [0.5, 0.6) is 0 Å². The van der Waals surface area contributed by atoms with Crippen molar-refractivity contribution in [3.63, 3.8) is 0 Å². The number of ether oxygens (including phenoxy) is 3. The van der Waals surface area contributed by atoms with Gasteiger partial charge in [-0.2, -0.15) is 0 Å². The second-order valence-corrected chi connectivity index (χ2v) is 25.6. The van der Waals surface area contributed by atoms with E-state index in [1.807, 2.05) is 0 Å². The third-order valence-corrected chi connectivity index (χ3v) is 17.3. The molecule has 81 heavy (non-hydrogen) atoms. The summed E-state index contributed by atoms with van der Waals surface area (Å²) in [5.74, 6) is -0.836. The predicted molar refractivity (Wildman–Crippen MR) is 353 cm³/mol. The van der Waals surface area contributed by atoms with Gasteiger partial charge < -0.3 is 14.2 Å². The third-order valence-electron chi connectivity index (χ3n) is 17.3. The van der Waals surface area contributed by atoms with E-state index in [-0.39, 0.29) is 31.1 Å². The zero-order valence-electron chi connectivity index (χ0n) is 55.4. The van der Waals surface area contributed by atoms with Gasteiger partial charge in [0, 0.05) is 19.3 Å². The fourth-order valence-corrected chi connectivity index (χ4v) is 11.7. The maximum atomic E-state index is 13.0. The summed E-state index contributed by atoms with van der Waals surface area (Å²) in [5.41, 5.74) is 0. The number of rotatable bonds is 70. The van der Waals surface area contributed by atoms with Crippen molar-refractivity contribution in [2.45, 2.75) is 438 Å². The Hall–Kier alpha value is -1.85. The first-order valence-electron chi connectivity index (χ1n) is 37.2. The molecule has 1 unspecified atom stereocenters. The lowest BCUT2D eigenvalue weighted by molar-refractivity contribution is -0.167. The first-order chi connectivity index (χ1) is 40.0. The minimum absolute atomic E-state index is 0.0654. The SMILES string of the molecule is CCCCCCCCC/C=C\CCCCCCCC(=O)OCC(COC(=O)CCCCCCCCCCCCCCCCCCCCCCCCCCCCCCC)OC(=O)CCCCCCCCCCCCCCCCCCCC. The maximum absolute atomic E-state index is 13.0. The normalized spacial score (nSPS) is 12.0. The number of hydrogen-bond acceptors (Lipinski definition) is 6. The van der Waals surface area contributed by atoms with Gasteiger partial charge in [0.2, 0.25) is 0 Å². The van der Waals surface area contributed by atoms with Crippen LogP contribution in [-0.4, -0.2) is 37.2 Å². The second-order valence-electron chi connectivity index (χ2n) is 25.6. The van der Waals surface area contributed by atoms with Crippen LogP contribution < -0.4 is 0 Å². The summed E-state index contributed by atoms with van der Waals surface area (Å²) in [6.07, 6.45) is 85.4. The topological polar surface area (TPSA) is 78.9 Å². The Morgan fingerprint density at radius 1 is 0.235 bits per heavy atom. The molecule has 6 heteroatoms. The highest BCUT2D eigenvalue weighted by Gasteiger charge is 2.20. The van der Waals surface area contributed by atoms with E-state index in [0.29, 0.717) is 19.3 Å². The summed E-state index contributed by atoms with van der Waals surface area (Å²) in [5, 5.41) is 0. The molecule has 0 bridgehead atoms. The van der Waals surface area contributed by atoms with Crippen molar-refractivity contribution in [3.8, 4) is 0 Å². The van der Waals surface area contributed by atoms with E-state index in [1.165, 1.54) is 327 Å². The van der Waals surface area contributed by atoms with Crippen LogP contribution in [0.15, 0.2) is 12.2 Å². The Bertz CT molecular complexity index is 1260. The van der Waals surface area contributed by atoms with Gasteiger partial charge in [-0.15, -0.1) is 0 Å². The highest BCUT2D eigenvalue weighted by atomic mass is 16.6. The molecule has 0 aromatic carbocycles. The van der Waals surface area contributed by atoms with Gasteiger partial charge in [0.1, 0.15) is 13.2 Å². The largest absolute Gasteiger partial charge is 0.462 e. The molecule has 0 aliphatic carbocycles. The van der Waals surface area contributed by atoms with Gasteiger partial charge in [0.05, 0.1) is 0 Å². The van der Waals surface area contributed by atoms with Crippen molar-refractivity contribution in [1.29, 1.82) is 0 Å². The van der Waals surface area contributed by atoms with Gasteiger partial charge in [0.15, 0.2) is 6.10 Å². The molecule has 0 radical (unpaired) electrons. The van der Waals surface area contributed by atoms with E-state index in [2.05, 4.69) is 32.9 Å². The molecular formula is C75H144O6. The summed E-state index contributed by atoms with van der Waals surface area (Å²) < 4.78 is 17.0. The van der Waals surface area contributed by atoms with Crippen LogP contribution in [0.3, 0.4) is 0 Å². The summed E-state index contributed by atoms with van der Waals surface area (Å²) in [7, 11) is 0. The molecule has 0 fully saturated rings. The second kappa shape index (κ2) is 70.6. The fraction of sp³-hybridized carbons (Fsp3) is 0.933. The van der Waals surface area contributed by atoms with Crippen LogP contribution in [0, 0.1) is 0 Å². The predicted octanol–water partition coefficient (Wildman–Crippen LogP) is 25.6. The van der Waals surface area contributed by atoms with Crippen molar-refractivity contribution >= 4 is 17.9 Å². The summed E-state index contributed by atoms with van der Waals surface area (Å²) >= 11 is 0. The molecule has 0 rings (SSSR count). The smallest absolute Gasteiger partial charge is 0.306 e. The molecule has 6 nitrogen and oxygen atoms in total. The molecule has 0 heterocycles. The molecular weight excluding hydrogens is 997 g/mol. The maximum Gasteiger partial charge on any atom is 0.306 e. The summed E-state index contributed by atoms with van der Waals surface area (Å²) in [6, 6.07) is 0. The number of carbonyl (C=O) groups excluding carboxylic acids is 3. The molecule has 0 saturated carbocycles. The Labute approximate surface area is 507 Å². The van der Waals surface area contributed by atoms with E-state index in [4.69, 9.17) is 14.2 Å². The summed E-state index contributed by atoms with van der Waals surface area (Å²) in [4.78, 5) is 38.5. The van der Waals surface area contributed by atoms with Gasteiger partial charge in [-0.25, -0.2) is 0 Å². The van der Waals surface area contributed by atoms with E-state index in [1.54, 1.807) is 0 Å². The number of allylic oxidation sites excluding steroid dienone is 2. The highest BCUT2D eigenvalue weighted by Crippen LogP contribution is 2.20. The third kappa shape index (κ3) is 68.8. The monoisotopic (exact) mass is 1140 g/mol. The number of hydrogen-bond donors (Lipinski definition) is 0. The molecule has 0 amide bonds. The average molecular weight is 1140 g/mol. The van der Waals surface area contributed by atoms with Crippen LogP contribution in [0.25, 0.3) is 0 Å². The Kier molecular flexibility index (Phi) is 69.0. The van der Waals surface area contributed by atoms with Crippen molar-refractivity contribution in [2.24, 2.45) is 0 Å².